The van der Waals surface area contributed by atoms with Crippen molar-refractivity contribution in [1.29, 1.82) is 0 Å². The van der Waals surface area contributed by atoms with E-state index in [-0.39, 0.29) is 12.5 Å². The van der Waals surface area contributed by atoms with Crippen LogP contribution in [0.4, 0.5) is 0 Å². The molecule has 0 radical (unpaired) electrons. The van der Waals surface area contributed by atoms with Gasteiger partial charge in [0.1, 0.15) is 0 Å². The van der Waals surface area contributed by atoms with Crippen LogP contribution in [0.3, 0.4) is 0 Å². The summed E-state index contributed by atoms with van der Waals surface area (Å²) < 4.78 is 5.24. The molecule has 1 aromatic carbocycles. The number of ether oxygens (including phenoxy) is 1. The minimum Gasteiger partial charge on any atom is -0.395 e. The molecule has 4 heteroatoms. The lowest BCUT2D eigenvalue weighted by molar-refractivity contribution is 0.0303. The smallest absolute Gasteiger partial charge is 0.254 e. The van der Waals surface area contributed by atoms with Crippen LogP contribution in [0.15, 0.2) is 24.3 Å². The van der Waals surface area contributed by atoms with Crippen molar-refractivity contribution in [2.24, 2.45) is 0 Å². The summed E-state index contributed by atoms with van der Waals surface area (Å²) in [5, 5.41) is 8.68. The lowest BCUT2D eigenvalue weighted by Gasteiger charge is -2.26. The maximum absolute atomic E-state index is 12.3. The van der Waals surface area contributed by atoms with E-state index in [1.54, 1.807) is 17.0 Å². The van der Waals surface area contributed by atoms with Crippen molar-refractivity contribution >= 4 is 5.91 Å². The number of rotatable bonds is 2. The number of morpholine rings is 1. The summed E-state index contributed by atoms with van der Waals surface area (Å²) in [7, 11) is 0. The minimum atomic E-state index is 0.0223. The number of hydrogen-bond donors (Lipinski definition) is 1. The average molecular weight is 259 g/mol. The molecular weight excluding hydrogens is 242 g/mol. The van der Waals surface area contributed by atoms with Crippen LogP contribution in [-0.2, 0) is 4.74 Å². The van der Waals surface area contributed by atoms with Gasteiger partial charge in [0.2, 0.25) is 0 Å². The quantitative estimate of drug-likeness (QED) is 0.803. The molecule has 1 fully saturated rings. The lowest BCUT2D eigenvalue weighted by Crippen LogP contribution is -2.40. The Morgan fingerprint density at radius 1 is 1.37 bits per heavy atom. The van der Waals surface area contributed by atoms with Crippen molar-refractivity contribution in [3.05, 3.63) is 35.4 Å². The Morgan fingerprint density at radius 3 is 2.89 bits per heavy atom. The second-order valence-corrected chi connectivity index (χ2v) is 4.26. The van der Waals surface area contributed by atoms with E-state index < -0.39 is 0 Å². The van der Waals surface area contributed by atoms with Crippen LogP contribution >= 0.6 is 0 Å². The van der Waals surface area contributed by atoms with Crippen LogP contribution in [0, 0.1) is 11.8 Å². The van der Waals surface area contributed by atoms with E-state index in [1.165, 1.54) is 0 Å². The molecule has 1 aliphatic rings. The number of carbonyl (C=O) groups is 1. The highest BCUT2D eigenvalue weighted by atomic mass is 16.5. The fourth-order valence-corrected chi connectivity index (χ4v) is 1.90. The molecule has 0 aliphatic carbocycles. The Morgan fingerprint density at radius 2 is 2.16 bits per heavy atom. The zero-order chi connectivity index (χ0) is 13.5. The highest BCUT2D eigenvalue weighted by Gasteiger charge is 2.18. The summed E-state index contributed by atoms with van der Waals surface area (Å²) in [5.74, 6) is 5.81. The predicted molar refractivity (Wildman–Crippen MR) is 71.7 cm³/mol. The molecule has 0 aromatic heterocycles. The van der Waals surface area contributed by atoms with Crippen LogP contribution in [0.2, 0.25) is 0 Å². The standard InChI is InChI=1S/C15H17NO3/c17-9-2-1-4-13-5-3-6-14(12-13)15(18)16-7-10-19-11-8-16/h3,5-6,12,17H,2,7-11H2. The number of hydrogen-bond acceptors (Lipinski definition) is 3. The maximum Gasteiger partial charge on any atom is 0.254 e. The fraction of sp³-hybridized carbons (Fsp3) is 0.400. The maximum atomic E-state index is 12.3. The first-order valence-electron chi connectivity index (χ1n) is 6.38. The zero-order valence-electron chi connectivity index (χ0n) is 10.8. The van der Waals surface area contributed by atoms with Gasteiger partial charge in [-0.25, -0.2) is 0 Å². The summed E-state index contributed by atoms with van der Waals surface area (Å²) in [4.78, 5) is 14.1. The summed E-state index contributed by atoms with van der Waals surface area (Å²) in [6, 6.07) is 7.29. The van der Waals surface area contributed by atoms with Gasteiger partial charge in [0, 0.05) is 30.6 Å². The van der Waals surface area contributed by atoms with Crippen molar-refractivity contribution in [3.8, 4) is 11.8 Å². The van der Waals surface area contributed by atoms with Gasteiger partial charge in [-0.1, -0.05) is 17.9 Å². The Balaban J connectivity index is 2.09. The molecule has 0 spiro atoms. The summed E-state index contributed by atoms with van der Waals surface area (Å²) >= 11 is 0. The zero-order valence-corrected chi connectivity index (χ0v) is 10.8. The highest BCUT2D eigenvalue weighted by molar-refractivity contribution is 5.94. The van der Waals surface area contributed by atoms with Gasteiger partial charge in [-0.15, -0.1) is 0 Å². The average Bonchev–Trinajstić information content (AvgIpc) is 2.48. The monoisotopic (exact) mass is 259 g/mol. The second kappa shape index (κ2) is 6.93. The van der Waals surface area contributed by atoms with Gasteiger partial charge < -0.3 is 14.7 Å². The largest absolute Gasteiger partial charge is 0.395 e. The predicted octanol–water partition coefficient (Wildman–Crippen LogP) is 0.893. The van der Waals surface area contributed by atoms with E-state index >= 15 is 0 Å². The van der Waals surface area contributed by atoms with Crippen molar-refractivity contribution in [3.63, 3.8) is 0 Å². The third kappa shape index (κ3) is 3.82. The third-order valence-corrected chi connectivity index (χ3v) is 2.88. The van der Waals surface area contributed by atoms with E-state index in [2.05, 4.69) is 11.8 Å². The number of aliphatic hydroxyl groups excluding tert-OH is 1. The van der Waals surface area contributed by atoms with Crippen molar-refractivity contribution in [2.75, 3.05) is 32.9 Å². The van der Waals surface area contributed by atoms with Gasteiger partial charge >= 0.3 is 0 Å². The van der Waals surface area contributed by atoms with E-state index in [1.807, 2.05) is 12.1 Å². The molecule has 1 heterocycles. The Labute approximate surface area is 113 Å². The molecule has 1 N–H and O–H groups in total. The van der Waals surface area contributed by atoms with Gasteiger partial charge in [0.25, 0.3) is 5.91 Å². The van der Waals surface area contributed by atoms with Crippen LogP contribution in [0.1, 0.15) is 22.3 Å². The number of aliphatic hydroxyl groups is 1. The Kier molecular flexibility index (Phi) is 4.96. The first kappa shape index (κ1) is 13.6. The molecule has 2 rings (SSSR count). The van der Waals surface area contributed by atoms with E-state index in [4.69, 9.17) is 9.84 Å². The van der Waals surface area contributed by atoms with Gasteiger partial charge in [-0.05, 0) is 18.2 Å². The lowest BCUT2D eigenvalue weighted by atomic mass is 10.1. The van der Waals surface area contributed by atoms with Crippen LogP contribution in [-0.4, -0.2) is 48.8 Å². The summed E-state index contributed by atoms with van der Waals surface area (Å²) in [6.07, 6.45) is 0.446. The van der Waals surface area contributed by atoms with Gasteiger partial charge in [-0.3, -0.25) is 4.79 Å². The molecule has 1 saturated heterocycles. The first-order chi connectivity index (χ1) is 9.31. The Bertz CT molecular complexity index is 496. The summed E-state index contributed by atoms with van der Waals surface area (Å²) in [6.45, 7) is 2.53. The summed E-state index contributed by atoms with van der Waals surface area (Å²) in [5.41, 5.74) is 1.45. The molecule has 0 saturated carbocycles. The number of nitrogens with zero attached hydrogens (tertiary/aromatic N) is 1. The molecule has 100 valence electrons. The normalized spacial score (nSPS) is 14.7. The van der Waals surface area contributed by atoms with Crippen LogP contribution in [0.25, 0.3) is 0 Å². The fourth-order valence-electron chi connectivity index (χ4n) is 1.90. The SMILES string of the molecule is O=C(c1cccc(C#CCCO)c1)N1CCOCC1. The molecule has 1 aromatic rings. The van der Waals surface area contributed by atoms with Gasteiger partial charge in [-0.2, -0.15) is 0 Å². The molecule has 1 aliphatic heterocycles. The van der Waals surface area contributed by atoms with Gasteiger partial charge in [0.05, 0.1) is 19.8 Å². The molecular formula is C15H17NO3. The number of carbonyl (C=O) groups excluding carboxylic acids is 1. The topological polar surface area (TPSA) is 49.8 Å². The number of benzene rings is 1. The first-order valence-corrected chi connectivity index (χ1v) is 6.38. The molecule has 0 atom stereocenters. The van der Waals surface area contributed by atoms with Gasteiger partial charge in [0.15, 0.2) is 0 Å². The van der Waals surface area contributed by atoms with Crippen molar-refractivity contribution < 1.29 is 14.6 Å². The van der Waals surface area contributed by atoms with Crippen molar-refractivity contribution in [1.82, 2.24) is 4.90 Å². The molecule has 0 bridgehead atoms. The molecule has 0 unspecified atom stereocenters. The molecule has 19 heavy (non-hydrogen) atoms. The third-order valence-electron chi connectivity index (χ3n) is 2.88. The van der Waals surface area contributed by atoms with Crippen molar-refractivity contribution in [2.45, 2.75) is 6.42 Å². The molecule has 4 nitrogen and oxygen atoms in total. The van der Waals surface area contributed by atoms with Crippen LogP contribution in [0.5, 0.6) is 0 Å². The van der Waals surface area contributed by atoms with E-state index in [0.717, 1.165) is 5.56 Å². The second-order valence-electron chi connectivity index (χ2n) is 4.26. The Hall–Kier alpha value is -1.83. The van der Waals surface area contributed by atoms with E-state index in [9.17, 15) is 4.79 Å². The van der Waals surface area contributed by atoms with E-state index in [0.29, 0.717) is 38.3 Å². The molecule has 1 amide bonds. The minimum absolute atomic E-state index is 0.0223. The van der Waals surface area contributed by atoms with Crippen LogP contribution < -0.4 is 0 Å². The highest BCUT2D eigenvalue weighted by Crippen LogP contribution is 2.09. The number of amides is 1.